The molecule has 3 rings (SSSR count). The summed E-state index contributed by atoms with van der Waals surface area (Å²) in [6.45, 7) is -0.979. The molecule has 1 aliphatic heterocycles. The van der Waals surface area contributed by atoms with E-state index in [9.17, 15) is 22.8 Å². The number of aromatic nitrogens is 4. The summed E-state index contributed by atoms with van der Waals surface area (Å²) in [6, 6.07) is 1.60. The highest BCUT2D eigenvalue weighted by atomic mass is 19.4. The summed E-state index contributed by atoms with van der Waals surface area (Å²) in [4.78, 5) is 26.7. The molecule has 2 amide bonds. The van der Waals surface area contributed by atoms with E-state index in [1.165, 1.54) is 21.8 Å². The van der Waals surface area contributed by atoms with Gasteiger partial charge in [0.05, 0.1) is 11.8 Å². The average Bonchev–Trinajstić information content (AvgIpc) is 3.30. The Morgan fingerprint density at radius 1 is 1.26 bits per heavy atom. The Hall–Kier alpha value is -2.85. The van der Waals surface area contributed by atoms with E-state index in [4.69, 9.17) is 0 Å². The summed E-state index contributed by atoms with van der Waals surface area (Å²) in [7, 11) is 1.70. The van der Waals surface area contributed by atoms with Crippen molar-refractivity contribution in [2.24, 2.45) is 7.05 Å². The first-order valence-electron chi connectivity index (χ1n) is 8.34. The van der Waals surface area contributed by atoms with Crippen LogP contribution in [-0.4, -0.2) is 62.1 Å². The molecule has 0 saturated carbocycles. The molecule has 146 valence electrons. The van der Waals surface area contributed by atoms with Gasteiger partial charge in [0.15, 0.2) is 0 Å². The Morgan fingerprint density at radius 3 is 2.48 bits per heavy atom. The van der Waals surface area contributed by atoms with Crippen molar-refractivity contribution in [3.8, 4) is 0 Å². The number of alkyl halides is 3. The third-order valence-electron chi connectivity index (χ3n) is 4.64. The van der Waals surface area contributed by atoms with E-state index >= 15 is 0 Å². The lowest BCUT2D eigenvalue weighted by molar-refractivity contribution is -0.146. The molecule has 1 fully saturated rings. The van der Waals surface area contributed by atoms with Crippen molar-refractivity contribution in [3.05, 3.63) is 36.4 Å². The second-order valence-electron chi connectivity index (χ2n) is 6.47. The fourth-order valence-corrected chi connectivity index (χ4v) is 3.22. The first-order chi connectivity index (χ1) is 12.7. The van der Waals surface area contributed by atoms with E-state index < -0.39 is 24.2 Å². The van der Waals surface area contributed by atoms with Crippen LogP contribution in [0.1, 0.15) is 23.2 Å². The second kappa shape index (κ2) is 7.05. The molecule has 0 aromatic carbocycles. The lowest BCUT2D eigenvalue weighted by Gasteiger charge is -2.40. The Morgan fingerprint density at radius 2 is 1.96 bits per heavy atom. The second-order valence-corrected chi connectivity index (χ2v) is 6.47. The van der Waals surface area contributed by atoms with Gasteiger partial charge >= 0.3 is 6.18 Å². The van der Waals surface area contributed by atoms with Gasteiger partial charge in [-0.15, -0.1) is 0 Å². The normalized spacial score (nSPS) is 17.0. The number of likely N-dealkylation sites (tertiary alicyclic amines) is 1. The predicted molar refractivity (Wildman–Crippen MR) is 87.6 cm³/mol. The number of aryl methyl sites for hydroxylation is 1. The van der Waals surface area contributed by atoms with E-state index in [2.05, 4.69) is 10.2 Å². The number of amides is 2. The average molecular weight is 384 g/mol. The van der Waals surface area contributed by atoms with Gasteiger partial charge in [-0.05, 0) is 18.9 Å². The molecule has 1 aliphatic rings. The zero-order chi connectivity index (χ0) is 19.7. The quantitative estimate of drug-likeness (QED) is 0.850. The number of carbonyl (C=O) groups is 2. The molecule has 0 aliphatic carbocycles. The molecule has 1 saturated heterocycles. The highest BCUT2D eigenvalue weighted by molar-refractivity contribution is 5.94. The number of piperidine rings is 1. The molecule has 2 aromatic rings. The topological polar surface area (TPSA) is 85.0 Å². The minimum atomic E-state index is -4.50. The summed E-state index contributed by atoms with van der Waals surface area (Å²) in [6.07, 6.45) is 1.87. The molecule has 3 heterocycles. The largest absolute Gasteiger partial charge is 0.405 e. The summed E-state index contributed by atoms with van der Waals surface area (Å²) in [5.41, 5.74) is -0.842. The van der Waals surface area contributed by atoms with Gasteiger partial charge in [0.2, 0.25) is 5.91 Å². The Balaban J connectivity index is 1.75. The molecule has 27 heavy (non-hydrogen) atoms. The summed E-state index contributed by atoms with van der Waals surface area (Å²) < 4.78 is 40.4. The van der Waals surface area contributed by atoms with E-state index in [1.54, 1.807) is 30.4 Å². The van der Waals surface area contributed by atoms with Crippen molar-refractivity contribution < 1.29 is 22.8 Å². The lowest BCUT2D eigenvalue weighted by atomic mass is 9.86. The molecule has 0 bridgehead atoms. The van der Waals surface area contributed by atoms with Crippen LogP contribution in [0.2, 0.25) is 0 Å². The third-order valence-corrected chi connectivity index (χ3v) is 4.64. The molecule has 0 atom stereocenters. The smallest absolute Gasteiger partial charge is 0.345 e. The van der Waals surface area contributed by atoms with E-state index in [0.29, 0.717) is 5.56 Å². The molecule has 1 N–H and O–H groups in total. The lowest BCUT2D eigenvalue weighted by Crippen LogP contribution is -2.57. The van der Waals surface area contributed by atoms with Crippen LogP contribution in [-0.2, 0) is 17.4 Å². The van der Waals surface area contributed by atoms with Crippen LogP contribution in [0.3, 0.4) is 0 Å². The molecule has 8 nitrogen and oxygen atoms in total. The minimum Gasteiger partial charge on any atom is -0.345 e. The Kier molecular flexibility index (Phi) is 4.94. The highest BCUT2D eigenvalue weighted by Crippen LogP contribution is 2.31. The van der Waals surface area contributed by atoms with Crippen molar-refractivity contribution in [3.63, 3.8) is 0 Å². The van der Waals surface area contributed by atoms with E-state index in [1.807, 2.05) is 5.32 Å². The van der Waals surface area contributed by atoms with Gasteiger partial charge in [-0.25, -0.2) is 0 Å². The van der Waals surface area contributed by atoms with Gasteiger partial charge in [0.25, 0.3) is 5.91 Å². The standard InChI is InChI=1S/C16H19F3N6O2/c1-23-10-12(9-22-23)13(26)24-7-3-15(4-8-24,25-6-2-5-21-25)14(27)20-11-16(17,18)19/h2,5-6,9-10H,3-4,7-8,11H2,1H3,(H,20,27). The van der Waals surface area contributed by atoms with Gasteiger partial charge in [0, 0.05) is 38.7 Å². The van der Waals surface area contributed by atoms with Crippen LogP contribution in [0, 0.1) is 0 Å². The van der Waals surface area contributed by atoms with Crippen molar-refractivity contribution in [2.45, 2.75) is 24.6 Å². The molecular weight excluding hydrogens is 365 g/mol. The SMILES string of the molecule is Cn1cc(C(=O)N2CCC(C(=O)NCC(F)(F)F)(n3cccn3)CC2)cn1. The maximum Gasteiger partial charge on any atom is 0.405 e. The number of rotatable bonds is 4. The van der Waals surface area contributed by atoms with Crippen LogP contribution in [0.4, 0.5) is 13.2 Å². The molecule has 0 radical (unpaired) electrons. The summed E-state index contributed by atoms with van der Waals surface area (Å²) in [5, 5.41) is 9.99. The molecule has 0 unspecified atom stereocenters. The van der Waals surface area contributed by atoms with Crippen molar-refractivity contribution >= 4 is 11.8 Å². The third kappa shape index (κ3) is 3.96. The van der Waals surface area contributed by atoms with Gasteiger partial charge in [-0.1, -0.05) is 0 Å². The monoisotopic (exact) mass is 384 g/mol. The molecular formula is C16H19F3N6O2. The first-order valence-corrected chi connectivity index (χ1v) is 8.34. The van der Waals surface area contributed by atoms with E-state index in [0.717, 1.165) is 0 Å². The zero-order valence-electron chi connectivity index (χ0n) is 14.6. The Labute approximate surface area is 152 Å². The fraction of sp³-hybridized carbons (Fsp3) is 0.500. The highest BCUT2D eigenvalue weighted by Gasteiger charge is 2.45. The number of nitrogens with zero attached hydrogens (tertiary/aromatic N) is 5. The van der Waals surface area contributed by atoms with Crippen molar-refractivity contribution in [1.82, 2.24) is 29.8 Å². The summed E-state index contributed by atoms with van der Waals surface area (Å²) in [5.74, 6) is -0.982. The molecule has 2 aromatic heterocycles. The van der Waals surface area contributed by atoms with Gasteiger partial charge in [-0.2, -0.15) is 23.4 Å². The molecule has 0 spiro atoms. The van der Waals surface area contributed by atoms with Crippen molar-refractivity contribution in [2.75, 3.05) is 19.6 Å². The molecule has 11 heteroatoms. The van der Waals surface area contributed by atoms with Gasteiger partial charge in [-0.3, -0.25) is 19.0 Å². The fourth-order valence-electron chi connectivity index (χ4n) is 3.22. The van der Waals surface area contributed by atoms with Crippen molar-refractivity contribution in [1.29, 1.82) is 0 Å². The van der Waals surface area contributed by atoms with Gasteiger partial charge < -0.3 is 10.2 Å². The van der Waals surface area contributed by atoms with Crippen LogP contribution in [0.5, 0.6) is 0 Å². The number of nitrogens with one attached hydrogen (secondary N) is 1. The predicted octanol–water partition coefficient (Wildman–Crippen LogP) is 0.927. The minimum absolute atomic E-state index is 0.157. The van der Waals surface area contributed by atoms with Crippen LogP contribution < -0.4 is 5.32 Å². The van der Waals surface area contributed by atoms with Gasteiger partial charge in [0.1, 0.15) is 12.1 Å². The summed E-state index contributed by atoms with van der Waals surface area (Å²) >= 11 is 0. The van der Waals surface area contributed by atoms with Crippen LogP contribution in [0.25, 0.3) is 0 Å². The Bertz CT molecular complexity index is 806. The maximum absolute atomic E-state index is 12.6. The number of hydrogen-bond acceptors (Lipinski definition) is 4. The number of carbonyl (C=O) groups excluding carboxylic acids is 2. The number of halogens is 3. The zero-order valence-corrected chi connectivity index (χ0v) is 14.6. The first kappa shape index (κ1) is 18.9. The number of hydrogen-bond donors (Lipinski definition) is 1. The van der Waals surface area contributed by atoms with Crippen LogP contribution >= 0.6 is 0 Å². The maximum atomic E-state index is 12.6. The van der Waals surface area contributed by atoms with E-state index in [-0.39, 0.29) is 31.8 Å². The van der Waals surface area contributed by atoms with Crippen LogP contribution in [0.15, 0.2) is 30.9 Å².